The van der Waals surface area contributed by atoms with Crippen LogP contribution >= 0.6 is 0 Å². The average Bonchev–Trinajstić information content (AvgIpc) is 2.71. The number of allylic oxidation sites excluding steroid dienone is 5. The first kappa shape index (κ1) is 8.80. The van der Waals surface area contributed by atoms with Crippen LogP contribution in [-0.2, 0) is 0 Å². The molecule has 0 spiro atoms. The lowest BCUT2D eigenvalue weighted by Crippen LogP contribution is -1.81. The SMILES string of the molecule is C=CC1=C(C2=CC(C)CC2)C1CC. The molecule has 0 aromatic carbocycles. The van der Waals surface area contributed by atoms with E-state index in [1.165, 1.54) is 24.8 Å². The molecule has 0 aliphatic heterocycles. The topological polar surface area (TPSA) is 0 Å². The highest BCUT2D eigenvalue weighted by Gasteiger charge is 2.35. The van der Waals surface area contributed by atoms with E-state index in [-0.39, 0.29) is 0 Å². The van der Waals surface area contributed by atoms with Crippen LogP contribution in [0.2, 0.25) is 0 Å². The quantitative estimate of drug-likeness (QED) is 0.609. The van der Waals surface area contributed by atoms with E-state index in [0.29, 0.717) is 0 Å². The molecule has 2 atom stereocenters. The molecule has 2 unspecified atom stereocenters. The van der Waals surface area contributed by atoms with Crippen molar-refractivity contribution >= 4 is 0 Å². The first-order valence-corrected chi connectivity index (χ1v) is 5.35. The molecule has 70 valence electrons. The van der Waals surface area contributed by atoms with Crippen LogP contribution in [0.4, 0.5) is 0 Å². The van der Waals surface area contributed by atoms with Gasteiger partial charge in [-0.25, -0.2) is 0 Å². The summed E-state index contributed by atoms with van der Waals surface area (Å²) < 4.78 is 0. The Kier molecular flexibility index (Phi) is 2.15. The predicted molar refractivity (Wildman–Crippen MR) is 57.5 cm³/mol. The standard InChI is InChI=1S/C13H18/c1-4-11-12(5-2)13(11)10-7-6-9(3)8-10/h4,8-9,12H,1,5-7H2,2-3H3. The van der Waals surface area contributed by atoms with E-state index in [2.05, 4.69) is 26.5 Å². The monoisotopic (exact) mass is 174 g/mol. The van der Waals surface area contributed by atoms with Crippen LogP contribution in [0.1, 0.15) is 33.1 Å². The van der Waals surface area contributed by atoms with Crippen LogP contribution in [0.15, 0.2) is 35.5 Å². The van der Waals surface area contributed by atoms with Gasteiger partial charge in [-0.1, -0.05) is 32.6 Å². The van der Waals surface area contributed by atoms with Gasteiger partial charge in [-0.3, -0.25) is 0 Å². The Labute approximate surface area is 81.0 Å². The summed E-state index contributed by atoms with van der Waals surface area (Å²) in [6.07, 6.45) is 8.40. The first-order chi connectivity index (χ1) is 6.27. The molecule has 2 aliphatic rings. The molecule has 0 N–H and O–H groups in total. The van der Waals surface area contributed by atoms with E-state index in [1.54, 1.807) is 11.1 Å². The fraction of sp³-hybridized carbons (Fsp3) is 0.538. The van der Waals surface area contributed by atoms with Crippen molar-refractivity contribution in [3.05, 3.63) is 35.5 Å². The summed E-state index contributed by atoms with van der Waals surface area (Å²) in [6, 6.07) is 0. The molecule has 0 radical (unpaired) electrons. The van der Waals surface area contributed by atoms with Crippen LogP contribution in [-0.4, -0.2) is 0 Å². The van der Waals surface area contributed by atoms with E-state index < -0.39 is 0 Å². The molecule has 13 heavy (non-hydrogen) atoms. The normalized spacial score (nSPS) is 32.0. The van der Waals surface area contributed by atoms with Crippen molar-refractivity contribution in [2.24, 2.45) is 11.8 Å². The molecule has 0 amide bonds. The zero-order valence-corrected chi connectivity index (χ0v) is 8.64. The predicted octanol–water partition coefficient (Wildman–Crippen LogP) is 3.87. The molecule has 0 aromatic heterocycles. The van der Waals surface area contributed by atoms with Crippen molar-refractivity contribution in [1.82, 2.24) is 0 Å². The zero-order chi connectivity index (χ0) is 9.42. The highest BCUT2D eigenvalue weighted by atomic mass is 14.4. The molecule has 2 aliphatic carbocycles. The highest BCUT2D eigenvalue weighted by molar-refractivity contribution is 5.59. The minimum absolute atomic E-state index is 0.758. The summed E-state index contributed by atoms with van der Waals surface area (Å²) in [5.41, 5.74) is 4.76. The van der Waals surface area contributed by atoms with Crippen molar-refractivity contribution in [2.75, 3.05) is 0 Å². The molecule has 0 saturated heterocycles. The van der Waals surface area contributed by atoms with Gasteiger partial charge in [0.15, 0.2) is 0 Å². The van der Waals surface area contributed by atoms with E-state index in [4.69, 9.17) is 0 Å². The third-order valence-electron chi connectivity index (χ3n) is 3.28. The summed E-state index contributed by atoms with van der Waals surface area (Å²) in [7, 11) is 0. The Morgan fingerprint density at radius 1 is 1.62 bits per heavy atom. The van der Waals surface area contributed by atoms with Gasteiger partial charge in [-0.2, -0.15) is 0 Å². The molecular formula is C13H18. The van der Waals surface area contributed by atoms with Crippen LogP contribution in [0, 0.1) is 11.8 Å². The third-order valence-corrected chi connectivity index (χ3v) is 3.28. The summed E-state index contributed by atoms with van der Waals surface area (Å²) in [5, 5.41) is 0. The second-order valence-corrected chi connectivity index (χ2v) is 4.24. The Bertz CT molecular complexity index is 291. The van der Waals surface area contributed by atoms with Gasteiger partial charge in [-0.15, -0.1) is 0 Å². The molecule has 0 heterocycles. The zero-order valence-electron chi connectivity index (χ0n) is 8.64. The van der Waals surface area contributed by atoms with Gasteiger partial charge in [0.05, 0.1) is 0 Å². The van der Waals surface area contributed by atoms with Crippen molar-refractivity contribution in [3.63, 3.8) is 0 Å². The van der Waals surface area contributed by atoms with Crippen molar-refractivity contribution in [1.29, 1.82) is 0 Å². The Balaban J connectivity index is 2.14. The van der Waals surface area contributed by atoms with Crippen LogP contribution in [0.25, 0.3) is 0 Å². The van der Waals surface area contributed by atoms with E-state index in [9.17, 15) is 0 Å². The molecule has 0 aromatic rings. The Morgan fingerprint density at radius 3 is 2.77 bits per heavy atom. The lowest BCUT2D eigenvalue weighted by molar-refractivity contribution is 0.697. The second kappa shape index (κ2) is 3.17. The highest BCUT2D eigenvalue weighted by Crippen LogP contribution is 2.50. The van der Waals surface area contributed by atoms with Gasteiger partial charge < -0.3 is 0 Å². The number of hydrogen-bond donors (Lipinski definition) is 0. The maximum Gasteiger partial charge on any atom is 0.00951 e. The summed E-state index contributed by atoms with van der Waals surface area (Å²) in [6.45, 7) is 8.45. The van der Waals surface area contributed by atoms with Gasteiger partial charge in [-0.05, 0) is 41.9 Å². The smallest absolute Gasteiger partial charge is 0.00951 e. The van der Waals surface area contributed by atoms with Crippen LogP contribution in [0.5, 0.6) is 0 Å². The fourth-order valence-electron chi connectivity index (χ4n) is 2.49. The molecule has 0 fully saturated rings. The molecular weight excluding hydrogens is 156 g/mol. The number of hydrogen-bond acceptors (Lipinski definition) is 0. The lowest BCUT2D eigenvalue weighted by Gasteiger charge is -1.95. The van der Waals surface area contributed by atoms with Crippen molar-refractivity contribution in [2.45, 2.75) is 33.1 Å². The maximum absolute atomic E-state index is 3.88. The summed E-state index contributed by atoms with van der Waals surface area (Å²) in [4.78, 5) is 0. The first-order valence-electron chi connectivity index (χ1n) is 5.35. The maximum atomic E-state index is 3.88. The van der Waals surface area contributed by atoms with Gasteiger partial charge >= 0.3 is 0 Å². The van der Waals surface area contributed by atoms with Crippen LogP contribution in [0.3, 0.4) is 0 Å². The molecule has 0 nitrogen and oxygen atoms in total. The fourth-order valence-corrected chi connectivity index (χ4v) is 2.49. The summed E-state index contributed by atoms with van der Waals surface area (Å²) >= 11 is 0. The van der Waals surface area contributed by atoms with Gasteiger partial charge in [0.2, 0.25) is 0 Å². The minimum Gasteiger partial charge on any atom is -0.0988 e. The van der Waals surface area contributed by atoms with E-state index >= 15 is 0 Å². The molecule has 0 bridgehead atoms. The average molecular weight is 174 g/mol. The Hall–Kier alpha value is -0.780. The second-order valence-electron chi connectivity index (χ2n) is 4.24. The minimum atomic E-state index is 0.758. The molecule has 0 heteroatoms. The van der Waals surface area contributed by atoms with E-state index in [1.807, 2.05) is 6.08 Å². The largest absolute Gasteiger partial charge is 0.0988 e. The lowest BCUT2D eigenvalue weighted by atomic mass is 10.1. The van der Waals surface area contributed by atoms with Crippen LogP contribution < -0.4 is 0 Å². The van der Waals surface area contributed by atoms with Gasteiger partial charge in [0, 0.05) is 5.92 Å². The van der Waals surface area contributed by atoms with E-state index in [0.717, 1.165) is 11.8 Å². The van der Waals surface area contributed by atoms with Gasteiger partial charge in [0.25, 0.3) is 0 Å². The molecule has 2 rings (SSSR count). The number of rotatable bonds is 3. The summed E-state index contributed by atoms with van der Waals surface area (Å²) in [5.74, 6) is 1.56. The molecule has 0 saturated carbocycles. The Morgan fingerprint density at radius 2 is 2.38 bits per heavy atom. The van der Waals surface area contributed by atoms with Gasteiger partial charge in [0.1, 0.15) is 0 Å². The van der Waals surface area contributed by atoms with Crippen molar-refractivity contribution < 1.29 is 0 Å². The van der Waals surface area contributed by atoms with Crippen molar-refractivity contribution in [3.8, 4) is 0 Å². The third kappa shape index (κ3) is 1.39.